The first-order valence-corrected chi connectivity index (χ1v) is 9.58. The minimum atomic E-state index is -0.706. The molecule has 29 heavy (non-hydrogen) atoms. The Morgan fingerprint density at radius 2 is 1.24 bits per heavy atom. The van der Waals surface area contributed by atoms with Crippen LogP contribution in [0.4, 0.5) is 0 Å². The lowest BCUT2D eigenvalue weighted by Gasteiger charge is -2.16. The molecule has 0 saturated carbocycles. The van der Waals surface area contributed by atoms with E-state index in [1.165, 1.54) is 0 Å². The lowest BCUT2D eigenvalue weighted by Crippen LogP contribution is -2.20. The molecule has 0 aliphatic rings. The smallest absolute Gasteiger partial charge is 0.314 e. The number of hydrogen-bond donors (Lipinski definition) is 0. The van der Waals surface area contributed by atoms with Crippen LogP contribution in [0.25, 0.3) is 0 Å². The number of ether oxygens (including phenoxy) is 2. The Bertz CT molecular complexity index is 918. The number of hydrogen-bond acceptors (Lipinski definition) is 4. The Balaban J connectivity index is 1.66. The number of esters is 2. The van der Waals surface area contributed by atoms with Crippen molar-refractivity contribution >= 4 is 11.9 Å². The lowest BCUT2D eigenvalue weighted by atomic mass is 9.95. The molecular formula is C25H24O4. The molecule has 0 aromatic heterocycles. The van der Waals surface area contributed by atoms with Crippen LogP contribution in [-0.2, 0) is 32.3 Å². The van der Waals surface area contributed by atoms with Gasteiger partial charge in [-0.25, -0.2) is 0 Å². The zero-order valence-electron chi connectivity index (χ0n) is 16.4. The second-order valence-electron chi connectivity index (χ2n) is 6.91. The van der Waals surface area contributed by atoms with Crippen LogP contribution < -0.4 is 0 Å². The van der Waals surface area contributed by atoms with Crippen molar-refractivity contribution in [2.45, 2.75) is 32.5 Å². The van der Waals surface area contributed by atoms with Gasteiger partial charge in [-0.3, -0.25) is 9.59 Å². The molecule has 1 unspecified atom stereocenters. The molecule has 0 spiro atoms. The zero-order chi connectivity index (χ0) is 20.5. The Morgan fingerprint density at radius 3 is 1.79 bits per heavy atom. The van der Waals surface area contributed by atoms with Crippen molar-refractivity contribution in [2.75, 3.05) is 0 Å². The average molecular weight is 388 g/mol. The number of carbonyl (C=O) groups is 2. The maximum atomic E-state index is 12.8. The van der Waals surface area contributed by atoms with Crippen molar-refractivity contribution < 1.29 is 19.1 Å². The summed E-state index contributed by atoms with van der Waals surface area (Å²) in [6, 6.07) is 26.5. The topological polar surface area (TPSA) is 52.6 Å². The van der Waals surface area contributed by atoms with Gasteiger partial charge in [-0.2, -0.15) is 0 Å². The SMILES string of the molecule is Cc1ccc(C(CC(=O)OCc2ccccc2)C(=O)OCc2ccccc2)cc1. The fraction of sp³-hybridized carbons (Fsp3) is 0.200. The molecule has 3 aromatic rings. The van der Waals surface area contributed by atoms with Crippen molar-refractivity contribution in [3.8, 4) is 0 Å². The molecule has 0 fully saturated rings. The van der Waals surface area contributed by atoms with Gasteiger partial charge in [0.05, 0.1) is 12.3 Å². The van der Waals surface area contributed by atoms with Gasteiger partial charge in [0.1, 0.15) is 13.2 Å². The number of aryl methyl sites for hydroxylation is 1. The van der Waals surface area contributed by atoms with Gasteiger partial charge in [0.25, 0.3) is 0 Å². The van der Waals surface area contributed by atoms with Crippen molar-refractivity contribution in [1.29, 1.82) is 0 Å². The Hall–Kier alpha value is -3.40. The molecule has 0 aliphatic carbocycles. The van der Waals surface area contributed by atoms with Gasteiger partial charge in [-0.05, 0) is 23.6 Å². The molecule has 0 heterocycles. The maximum absolute atomic E-state index is 12.8. The Kier molecular flexibility index (Phi) is 7.17. The third-order valence-electron chi connectivity index (χ3n) is 4.60. The first kappa shape index (κ1) is 20.3. The predicted octanol–water partition coefficient (Wildman–Crippen LogP) is 4.96. The van der Waals surface area contributed by atoms with E-state index in [-0.39, 0.29) is 19.6 Å². The van der Waals surface area contributed by atoms with Crippen molar-refractivity contribution in [2.24, 2.45) is 0 Å². The monoisotopic (exact) mass is 388 g/mol. The summed E-state index contributed by atoms with van der Waals surface area (Å²) in [6.45, 7) is 2.32. The highest BCUT2D eigenvalue weighted by Gasteiger charge is 2.26. The molecule has 0 amide bonds. The number of benzene rings is 3. The molecule has 1 atom stereocenters. The van der Waals surface area contributed by atoms with Gasteiger partial charge < -0.3 is 9.47 Å². The highest BCUT2D eigenvalue weighted by atomic mass is 16.5. The summed E-state index contributed by atoms with van der Waals surface area (Å²) in [5.74, 6) is -1.58. The summed E-state index contributed by atoms with van der Waals surface area (Å²) in [6.07, 6.45) is -0.0660. The van der Waals surface area contributed by atoms with E-state index in [9.17, 15) is 9.59 Å². The largest absolute Gasteiger partial charge is 0.461 e. The molecule has 0 N–H and O–H groups in total. The van der Waals surface area contributed by atoms with Crippen molar-refractivity contribution in [3.63, 3.8) is 0 Å². The van der Waals surface area contributed by atoms with Gasteiger partial charge in [0, 0.05) is 0 Å². The summed E-state index contributed by atoms with van der Waals surface area (Å²) < 4.78 is 10.9. The Morgan fingerprint density at radius 1 is 0.724 bits per heavy atom. The van der Waals surface area contributed by atoms with Gasteiger partial charge in [-0.15, -0.1) is 0 Å². The van der Waals surface area contributed by atoms with E-state index in [0.717, 1.165) is 22.3 Å². The zero-order valence-corrected chi connectivity index (χ0v) is 16.4. The number of rotatable bonds is 8. The summed E-state index contributed by atoms with van der Waals surface area (Å²) in [4.78, 5) is 25.2. The Labute approximate surface area is 171 Å². The van der Waals surface area contributed by atoms with Gasteiger partial charge in [0.2, 0.25) is 0 Å². The van der Waals surface area contributed by atoms with Crippen LogP contribution in [0.3, 0.4) is 0 Å². The van der Waals surface area contributed by atoms with Crippen LogP contribution in [-0.4, -0.2) is 11.9 Å². The highest BCUT2D eigenvalue weighted by molar-refractivity contribution is 5.84. The minimum Gasteiger partial charge on any atom is -0.461 e. The summed E-state index contributed by atoms with van der Waals surface area (Å²) in [5.41, 5.74) is 3.62. The molecule has 0 aliphatic heterocycles. The molecule has 3 rings (SSSR count). The summed E-state index contributed by atoms with van der Waals surface area (Å²) in [5, 5.41) is 0. The van der Waals surface area contributed by atoms with Crippen LogP contribution in [0, 0.1) is 6.92 Å². The van der Waals surface area contributed by atoms with Crippen LogP contribution in [0.1, 0.15) is 34.6 Å². The van der Waals surface area contributed by atoms with E-state index >= 15 is 0 Å². The first-order chi connectivity index (χ1) is 14.1. The van der Waals surface area contributed by atoms with Crippen molar-refractivity contribution in [3.05, 3.63) is 107 Å². The lowest BCUT2D eigenvalue weighted by molar-refractivity contribution is -0.153. The van der Waals surface area contributed by atoms with E-state index < -0.39 is 17.9 Å². The van der Waals surface area contributed by atoms with Gasteiger partial charge in [-0.1, -0.05) is 90.5 Å². The second-order valence-corrected chi connectivity index (χ2v) is 6.91. The van der Waals surface area contributed by atoms with E-state index in [1.807, 2.05) is 91.9 Å². The maximum Gasteiger partial charge on any atom is 0.314 e. The number of carbonyl (C=O) groups excluding carboxylic acids is 2. The van der Waals surface area contributed by atoms with E-state index in [0.29, 0.717) is 0 Å². The van der Waals surface area contributed by atoms with E-state index in [2.05, 4.69) is 0 Å². The average Bonchev–Trinajstić information content (AvgIpc) is 2.76. The predicted molar refractivity (Wildman–Crippen MR) is 111 cm³/mol. The molecule has 0 bridgehead atoms. The molecule has 148 valence electrons. The molecule has 0 saturated heterocycles. The highest BCUT2D eigenvalue weighted by Crippen LogP contribution is 2.23. The van der Waals surface area contributed by atoms with Gasteiger partial charge >= 0.3 is 11.9 Å². The molecular weight excluding hydrogens is 364 g/mol. The van der Waals surface area contributed by atoms with E-state index in [4.69, 9.17) is 9.47 Å². The van der Waals surface area contributed by atoms with Crippen LogP contribution in [0.2, 0.25) is 0 Å². The van der Waals surface area contributed by atoms with Crippen LogP contribution in [0.15, 0.2) is 84.9 Å². The second kappa shape index (κ2) is 10.2. The van der Waals surface area contributed by atoms with Crippen molar-refractivity contribution in [1.82, 2.24) is 0 Å². The van der Waals surface area contributed by atoms with Crippen LogP contribution >= 0.6 is 0 Å². The fourth-order valence-corrected chi connectivity index (χ4v) is 2.93. The third kappa shape index (κ3) is 6.32. The summed E-state index contributed by atoms with van der Waals surface area (Å²) in [7, 11) is 0. The quantitative estimate of drug-likeness (QED) is 0.512. The standard InChI is InChI=1S/C25H24O4/c1-19-12-14-22(15-13-19)23(25(27)29-18-21-10-6-3-7-11-21)16-24(26)28-17-20-8-4-2-5-9-20/h2-15,23H,16-18H2,1H3. The van der Waals surface area contributed by atoms with Gasteiger partial charge in [0.15, 0.2) is 0 Å². The molecule has 0 radical (unpaired) electrons. The fourth-order valence-electron chi connectivity index (χ4n) is 2.93. The normalized spacial score (nSPS) is 11.5. The molecule has 4 nitrogen and oxygen atoms in total. The van der Waals surface area contributed by atoms with E-state index in [1.54, 1.807) is 0 Å². The molecule has 4 heteroatoms. The minimum absolute atomic E-state index is 0.0660. The molecule has 3 aromatic carbocycles. The van der Waals surface area contributed by atoms with Crippen LogP contribution in [0.5, 0.6) is 0 Å². The summed E-state index contributed by atoms with van der Waals surface area (Å²) >= 11 is 0. The first-order valence-electron chi connectivity index (χ1n) is 9.58. The third-order valence-corrected chi connectivity index (χ3v) is 4.60.